The summed E-state index contributed by atoms with van der Waals surface area (Å²) in [4.78, 5) is 4.91. The Morgan fingerprint density at radius 2 is 1.40 bits per heavy atom. The van der Waals surface area contributed by atoms with E-state index < -0.39 is 0 Å². The van der Waals surface area contributed by atoms with Crippen LogP contribution in [0.15, 0.2) is 42.5 Å². The Kier molecular flexibility index (Phi) is 3.39. The Morgan fingerprint density at radius 1 is 0.750 bits per heavy atom. The molecule has 0 amide bonds. The predicted octanol–water partition coefficient (Wildman–Crippen LogP) is 3.90. The number of hydrogen-bond donors (Lipinski definition) is 0. The van der Waals surface area contributed by atoms with Crippen molar-refractivity contribution in [3.8, 4) is 0 Å². The molecule has 0 atom stereocenters. The van der Waals surface area contributed by atoms with Gasteiger partial charge >= 0.3 is 0 Å². The molecule has 1 aliphatic rings. The molecule has 0 saturated carbocycles. The zero-order valence-electron chi connectivity index (χ0n) is 12.6. The lowest BCUT2D eigenvalue weighted by atomic mass is 10.1. The molecule has 104 valence electrons. The number of hydrogen-bond acceptors (Lipinski definition) is 2. The van der Waals surface area contributed by atoms with Gasteiger partial charge in [0.05, 0.1) is 6.67 Å². The van der Waals surface area contributed by atoms with E-state index in [1.165, 1.54) is 28.1 Å². The second-order valence-electron chi connectivity index (χ2n) is 5.79. The summed E-state index contributed by atoms with van der Waals surface area (Å²) in [6, 6.07) is 15.6. The standard InChI is InChI=1S/C18H22N2/c1-14-4-7-17(8-5-14)19-10-11-20(13-19)18-9-6-15(2)12-16(18)3/h4-9,12H,10-11,13H2,1-3H3. The molecule has 1 saturated heterocycles. The van der Waals surface area contributed by atoms with Crippen molar-refractivity contribution in [1.29, 1.82) is 0 Å². The van der Waals surface area contributed by atoms with Crippen molar-refractivity contribution in [3.63, 3.8) is 0 Å². The van der Waals surface area contributed by atoms with Crippen molar-refractivity contribution in [2.75, 3.05) is 29.6 Å². The normalized spacial score (nSPS) is 14.9. The molecule has 2 nitrogen and oxygen atoms in total. The number of nitrogens with zero attached hydrogens (tertiary/aromatic N) is 2. The van der Waals surface area contributed by atoms with Crippen LogP contribution in [0.3, 0.4) is 0 Å². The molecule has 0 unspecified atom stereocenters. The van der Waals surface area contributed by atoms with Crippen molar-refractivity contribution in [3.05, 3.63) is 59.2 Å². The minimum absolute atomic E-state index is 0.979. The lowest BCUT2D eigenvalue weighted by molar-refractivity contribution is 0.944. The highest BCUT2D eigenvalue weighted by Crippen LogP contribution is 2.26. The van der Waals surface area contributed by atoms with Crippen LogP contribution >= 0.6 is 0 Å². The number of aryl methyl sites for hydroxylation is 3. The second kappa shape index (κ2) is 5.20. The molecular formula is C18H22N2. The fourth-order valence-corrected chi connectivity index (χ4v) is 2.91. The summed E-state index contributed by atoms with van der Waals surface area (Å²) in [5, 5.41) is 0. The van der Waals surface area contributed by atoms with E-state index in [1.807, 2.05) is 0 Å². The first kappa shape index (κ1) is 13.0. The molecule has 0 bridgehead atoms. The highest BCUT2D eigenvalue weighted by molar-refractivity contribution is 5.59. The van der Waals surface area contributed by atoms with E-state index in [0.29, 0.717) is 0 Å². The zero-order chi connectivity index (χ0) is 14.1. The molecule has 2 aromatic carbocycles. The van der Waals surface area contributed by atoms with Crippen LogP contribution in [-0.2, 0) is 0 Å². The quantitative estimate of drug-likeness (QED) is 0.813. The summed E-state index contributed by atoms with van der Waals surface area (Å²) in [5.74, 6) is 0. The molecule has 3 rings (SSSR count). The van der Waals surface area contributed by atoms with Crippen molar-refractivity contribution >= 4 is 11.4 Å². The maximum Gasteiger partial charge on any atom is 0.0904 e. The third kappa shape index (κ3) is 2.51. The number of rotatable bonds is 2. The predicted molar refractivity (Wildman–Crippen MR) is 86.7 cm³/mol. The van der Waals surface area contributed by atoms with Crippen LogP contribution in [0.1, 0.15) is 16.7 Å². The molecule has 20 heavy (non-hydrogen) atoms. The van der Waals surface area contributed by atoms with Gasteiger partial charge in [-0.3, -0.25) is 0 Å². The number of benzene rings is 2. The Hall–Kier alpha value is -1.96. The molecule has 1 aliphatic heterocycles. The Bertz CT molecular complexity index is 601. The second-order valence-corrected chi connectivity index (χ2v) is 5.79. The number of anilines is 2. The molecule has 0 aromatic heterocycles. The largest absolute Gasteiger partial charge is 0.352 e. The van der Waals surface area contributed by atoms with E-state index in [4.69, 9.17) is 0 Å². The van der Waals surface area contributed by atoms with Crippen LogP contribution in [0.2, 0.25) is 0 Å². The Morgan fingerprint density at radius 3 is 2.10 bits per heavy atom. The molecule has 0 radical (unpaired) electrons. The van der Waals surface area contributed by atoms with Crippen LogP contribution in [0.5, 0.6) is 0 Å². The molecule has 0 spiro atoms. The lowest BCUT2D eigenvalue weighted by Gasteiger charge is -2.23. The van der Waals surface area contributed by atoms with Gasteiger partial charge in [-0.25, -0.2) is 0 Å². The summed E-state index contributed by atoms with van der Waals surface area (Å²) in [6.45, 7) is 9.66. The van der Waals surface area contributed by atoms with Crippen molar-refractivity contribution in [2.45, 2.75) is 20.8 Å². The molecule has 1 fully saturated rings. The van der Waals surface area contributed by atoms with Gasteiger partial charge in [0.15, 0.2) is 0 Å². The third-order valence-electron chi connectivity index (χ3n) is 4.07. The average Bonchev–Trinajstić information content (AvgIpc) is 2.89. The van der Waals surface area contributed by atoms with E-state index in [-0.39, 0.29) is 0 Å². The van der Waals surface area contributed by atoms with Gasteiger partial charge in [0, 0.05) is 24.5 Å². The summed E-state index contributed by atoms with van der Waals surface area (Å²) >= 11 is 0. The van der Waals surface area contributed by atoms with Crippen molar-refractivity contribution in [2.24, 2.45) is 0 Å². The fourth-order valence-electron chi connectivity index (χ4n) is 2.91. The first-order chi connectivity index (χ1) is 9.63. The van der Waals surface area contributed by atoms with E-state index in [1.54, 1.807) is 0 Å². The van der Waals surface area contributed by atoms with E-state index in [9.17, 15) is 0 Å². The van der Waals surface area contributed by atoms with E-state index >= 15 is 0 Å². The van der Waals surface area contributed by atoms with Crippen LogP contribution in [0.4, 0.5) is 11.4 Å². The average molecular weight is 266 g/mol. The molecule has 1 heterocycles. The maximum atomic E-state index is 2.47. The Labute approximate surface area is 121 Å². The summed E-state index contributed by atoms with van der Waals surface area (Å²) < 4.78 is 0. The smallest absolute Gasteiger partial charge is 0.0904 e. The van der Waals surface area contributed by atoms with Crippen molar-refractivity contribution in [1.82, 2.24) is 0 Å². The maximum absolute atomic E-state index is 2.47. The molecule has 0 N–H and O–H groups in total. The molecule has 2 heteroatoms. The Balaban J connectivity index is 1.78. The minimum Gasteiger partial charge on any atom is -0.352 e. The highest BCUT2D eigenvalue weighted by Gasteiger charge is 2.21. The minimum atomic E-state index is 0.979. The van der Waals surface area contributed by atoms with Crippen molar-refractivity contribution < 1.29 is 0 Å². The monoisotopic (exact) mass is 266 g/mol. The SMILES string of the molecule is Cc1ccc(N2CCN(c3ccc(C)cc3C)C2)cc1. The fraction of sp³-hybridized carbons (Fsp3) is 0.333. The summed E-state index contributed by atoms with van der Waals surface area (Å²) in [6.07, 6.45) is 0. The third-order valence-corrected chi connectivity index (χ3v) is 4.07. The van der Waals surface area contributed by atoms with Gasteiger partial charge in [-0.1, -0.05) is 35.4 Å². The summed E-state index contributed by atoms with van der Waals surface area (Å²) in [5.41, 5.74) is 6.71. The van der Waals surface area contributed by atoms with Gasteiger partial charge in [-0.2, -0.15) is 0 Å². The van der Waals surface area contributed by atoms with Crippen LogP contribution < -0.4 is 9.80 Å². The molecular weight excluding hydrogens is 244 g/mol. The first-order valence-electron chi connectivity index (χ1n) is 7.27. The first-order valence-corrected chi connectivity index (χ1v) is 7.27. The van der Waals surface area contributed by atoms with E-state index in [0.717, 1.165) is 19.8 Å². The molecule has 0 aliphatic carbocycles. The van der Waals surface area contributed by atoms with Gasteiger partial charge in [0.25, 0.3) is 0 Å². The van der Waals surface area contributed by atoms with Crippen LogP contribution in [0, 0.1) is 20.8 Å². The van der Waals surface area contributed by atoms with E-state index in [2.05, 4.69) is 73.0 Å². The topological polar surface area (TPSA) is 6.48 Å². The lowest BCUT2D eigenvalue weighted by Crippen LogP contribution is -2.25. The zero-order valence-corrected chi connectivity index (χ0v) is 12.6. The van der Waals surface area contributed by atoms with Gasteiger partial charge in [0.1, 0.15) is 0 Å². The van der Waals surface area contributed by atoms with Gasteiger partial charge < -0.3 is 9.80 Å². The van der Waals surface area contributed by atoms with Crippen LogP contribution in [0.25, 0.3) is 0 Å². The van der Waals surface area contributed by atoms with Crippen LogP contribution in [-0.4, -0.2) is 19.8 Å². The summed E-state index contributed by atoms with van der Waals surface area (Å²) in [7, 11) is 0. The van der Waals surface area contributed by atoms with Gasteiger partial charge in [-0.05, 0) is 44.5 Å². The molecule has 2 aromatic rings. The van der Waals surface area contributed by atoms with Gasteiger partial charge in [-0.15, -0.1) is 0 Å². The van der Waals surface area contributed by atoms with Gasteiger partial charge in [0.2, 0.25) is 0 Å². The highest BCUT2D eigenvalue weighted by atomic mass is 15.4.